The van der Waals surface area contributed by atoms with Crippen molar-refractivity contribution in [2.75, 3.05) is 6.61 Å². The summed E-state index contributed by atoms with van der Waals surface area (Å²) in [5.41, 5.74) is 3.53. The molecule has 3 rings (SSSR count). The van der Waals surface area contributed by atoms with E-state index in [0.29, 0.717) is 40.6 Å². The van der Waals surface area contributed by atoms with Crippen molar-refractivity contribution >= 4 is 23.5 Å². The molecule has 0 unspecified atom stereocenters. The molecule has 0 bridgehead atoms. The molecule has 0 fully saturated rings. The second-order valence-corrected chi connectivity index (χ2v) is 6.13. The van der Waals surface area contributed by atoms with Gasteiger partial charge >= 0.3 is 5.97 Å². The highest BCUT2D eigenvalue weighted by molar-refractivity contribution is 6.38. The Labute approximate surface area is 157 Å². The molecule has 5 nitrogen and oxygen atoms in total. The van der Waals surface area contributed by atoms with Crippen molar-refractivity contribution in [3.63, 3.8) is 0 Å². The van der Waals surface area contributed by atoms with Gasteiger partial charge in [0.2, 0.25) is 5.78 Å². The molecule has 0 spiro atoms. The molecular formula is C22H18N2O3. The van der Waals surface area contributed by atoms with E-state index in [0.717, 1.165) is 18.4 Å². The summed E-state index contributed by atoms with van der Waals surface area (Å²) in [6.45, 7) is 2.37. The summed E-state index contributed by atoms with van der Waals surface area (Å²) in [7, 11) is 0. The van der Waals surface area contributed by atoms with Gasteiger partial charge in [-0.1, -0.05) is 49.7 Å². The number of unbranched alkanes of at least 4 members (excludes halogenated alkanes) is 1. The molecule has 0 amide bonds. The van der Waals surface area contributed by atoms with Crippen LogP contribution in [0.4, 0.5) is 0 Å². The van der Waals surface area contributed by atoms with Crippen LogP contribution in [0.5, 0.6) is 0 Å². The number of ketones is 1. The minimum absolute atomic E-state index is 0.104. The average molecular weight is 358 g/mol. The van der Waals surface area contributed by atoms with Crippen LogP contribution < -0.4 is 0 Å². The molecule has 0 aromatic heterocycles. The van der Waals surface area contributed by atoms with Gasteiger partial charge in [-0.15, -0.1) is 0 Å². The summed E-state index contributed by atoms with van der Waals surface area (Å²) in [4.78, 5) is 24.7. The predicted octanol–water partition coefficient (Wildman–Crippen LogP) is 4.17. The summed E-state index contributed by atoms with van der Waals surface area (Å²) in [5.74, 6) is -1.08. The van der Waals surface area contributed by atoms with Gasteiger partial charge in [0.15, 0.2) is 0 Å². The number of benzene rings is 2. The molecule has 0 saturated heterocycles. The lowest BCUT2D eigenvalue weighted by Crippen LogP contribution is -2.08. The van der Waals surface area contributed by atoms with E-state index < -0.39 is 11.8 Å². The quantitative estimate of drug-likeness (QED) is 0.235. The third-order valence-electron chi connectivity index (χ3n) is 4.49. The minimum Gasteiger partial charge on any atom is -0.462 e. The zero-order valence-electron chi connectivity index (χ0n) is 14.9. The molecular weight excluding hydrogens is 340 g/mol. The van der Waals surface area contributed by atoms with Gasteiger partial charge in [0.1, 0.15) is 11.6 Å². The van der Waals surface area contributed by atoms with Gasteiger partial charge in [-0.05, 0) is 29.2 Å². The molecule has 0 aliphatic heterocycles. The van der Waals surface area contributed by atoms with Crippen molar-refractivity contribution in [2.45, 2.75) is 19.8 Å². The number of nitrogens with one attached hydrogen (secondary N) is 1. The van der Waals surface area contributed by atoms with Crippen LogP contribution in [0, 0.1) is 16.7 Å². The van der Waals surface area contributed by atoms with Crippen molar-refractivity contribution in [3.05, 3.63) is 64.7 Å². The van der Waals surface area contributed by atoms with Crippen LogP contribution in [0.3, 0.4) is 0 Å². The fourth-order valence-corrected chi connectivity index (χ4v) is 3.25. The van der Waals surface area contributed by atoms with Crippen molar-refractivity contribution in [3.8, 4) is 17.2 Å². The van der Waals surface area contributed by atoms with Crippen LogP contribution >= 0.6 is 0 Å². The number of nitriles is 1. The number of esters is 1. The Kier molecular flexibility index (Phi) is 5.28. The molecule has 134 valence electrons. The van der Waals surface area contributed by atoms with Gasteiger partial charge in [-0.2, -0.15) is 5.26 Å². The van der Waals surface area contributed by atoms with Gasteiger partial charge in [-0.3, -0.25) is 4.79 Å². The minimum atomic E-state index is -0.661. The molecule has 1 aliphatic rings. The molecule has 0 saturated carbocycles. The number of hydrogen-bond acceptors (Lipinski definition) is 5. The Morgan fingerprint density at radius 1 is 1.11 bits per heavy atom. The number of nitrogens with zero attached hydrogens (tertiary/aromatic N) is 1. The van der Waals surface area contributed by atoms with E-state index in [4.69, 9.17) is 10.1 Å². The Hall–Kier alpha value is -3.52. The maximum absolute atomic E-state index is 12.6. The third kappa shape index (κ3) is 3.18. The summed E-state index contributed by atoms with van der Waals surface area (Å²) < 4.78 is 5.38. The van der Waals surface area contributed by atoms with Gasteiger partial charge < -0.3 is 10.1 Å². The van der Waals surface area contributed by atoms with Gasteiger partial charge in [-0.25, -0.2) is 4.79 Å². The third-order valence-corrected chi connectivity index (χ3v) is 4.49. The van der Waals surface area contributed by atoms with E-state index in [1.807, 2.05) is 37.3 Å². The second kappa shape index (κ2) is 7.79. The number of rotatable bonds is 6. The Morgan fingerprint density at radius 3 is 2.48 bits per heavy atom. The SMILES string of the molecule is CCCCOC(=O)c1cccc2c1-c1ccccc1C2=C(C#N)C(=O)C=N. The molecule has 2 aromatic rings. The average Bonchev–Trinajstić information content (AvgIpc) is 3.03. The van der Waals surface area contributed by atoms with E-state index in [2.05, 4.69) is 0 Å². The lowest BCUT2D eigenvalue weighted by atomic mass is 9.95. The van der Waals surface area contributed by atoms with E-state index in [1.54, 1.807) is 18.2 Å². The molecule has 0 heterocycles. The molecule has 1 N–H and O–H groups in total. The van der Waals surface area contributed by atoms with Gasteiger partial charge in [0.25, 0.3) is 0 Å². The number of carbonyl (C=O) groups is 2. The Bertz CT molecular complexity index is 1010. The van der Waals surface area contributed by atoms with E-state index in [1.165, 1.54) is 0 Å². The highest BCUT2D eigenvalue weighted by Crippen LogP contribution is 2.47. The smallest absolute Gasteiger partial charge is 0.338 e. The molecule has 1 aliphatic carbocycles. The fraction of sp³-hybridized carbons (Fsp3) is 0.182. The number of carbonyl (C=O) groups excluding carboxylic acids is 2. The number of allylic oxidation sites excluding steroid dienone is 1. The number of ether oxygens (including phenoxy) is 1. The van der Waals surface area contributed by atoms with Crippen molar-refractivity contribution in [2.24, 2.45) is 0 Å². The standard InChI is InChI=1S/C22H18N2O3/c1-2-3-11-27-22(26)17-10-6-9-16-20(17)14-7-4-5-8-15(14)21(16)18(12-23)19(25)13-24/h4-10,13,24H,2-3,11H2,1H3. The second-order valence-electron chi connectivity index (χ2n) is 6.13. The van der Waals surface area contributed by atoms with Crippen LogP contribution in [0.15, 0.2) is 48.0 Å². The fourth-order valence-electron chi connectivity index (χ4n) is 3.25. The summed E-state index contributed by atoms with van der Waals surface area (Å²) in [5, 5.41) is 16.8. The zero-order chi connectivity index (χ0) is 19.4. The maximum Gasteiger partial charge on any atom is 0.338 e. The first-order chi connectivity index (χ1) is 13.1. The number of fused-ring (bicyclic) bond motifs is 3. The zero-order valence-corrected chi connectivity index (χ0v) is 14.9. The summed E-state index contributed by atoms with van der Waals surface area (Å²) >= 11 is 0. The van der Waals surface area contributed by atoms with Crippen LogP contribution in [-0.2, 0) is 9.53 Å². The first-order valence-electron chi connectivity index (χ1n) is 8.73. The lowest BCUT2D eigenvalue weighted by molar-refractivity contribution is -0.109. The van der Waals surface area contributed by atoms with E-state index in [-0.39, 0.29) is 5.57 Å². The van der Waals surface area contributed by atoms with Gasteiger partial charge in [0.05, 0.1) is 18.4 Å². The maximum atomic E-state index is 12.6. The lowest BCUT2D eigenvalue weighted by Gasteiger charge is -2.09. The van der Waals surface area contributed by atoms with Crippen LogP contribution in [0.25, 0.3) is 16.7 Å². The largest absolute Gasteiger partial charge is 0.462 e. The van der Waals surface area contributed by atoms with Crippen LogP contribution in [0.2, 0.25) is 0 Å². The van der Waals surface area contributed by atoms with E-state index >= 15 is 0 Å². The molecule has 0 radical (unpaired) electrons. The first kappa shape index (κ1) is 18.3. The topological polar surface area (TPSA) is 91.0 Å². The molecule has 0 atom stereocenters. The van der Waals surface area contributed by atoms with Crippen molar-refractivity contribution in [1.82, 2.24) is 0 Å². The van der Waals surface area contributed by atoms with Crippen LogP contribution in [-0.4, -0.2) is 24.6 Å². The highest BCUT2D eigenvalue weighted by atomic mass is 16.5. The van der Waals surface area contributed by atoms with E-state index in [9.17, 15) is 14.9 Å². The highest BCUT2D eigenvalue weighted by Gasteiger charge is 2.31. The van der Waals surface area contributed by atoms with Crippen molar-refractivity contribution < 1.29 is 14.3 Å². The first-order valence-corrected chi connectivity index (χ1v) is 8.73. The summed E-state index contributed by atoms with van der Waals surface area (Å²) in [6.07, 6.45) is 2.34. The van der Waals surface area contributed by atoms with Crippen molar-refractivity contribution in [1.29, 1.82) is 10.7 Å². The molecule has 27 heavy (non-hydrogen) atoms. The number of Topliss-reactive ketones (excluding diaryl/α,β-unsaturated/α-hetero) is 1. The Balaban J connectivity index is 2.24. The normalized spacial score (nSPS) is 13.2. The Morgan fingerprint density at radius 2 is 1.81 bits per heavy atom. The molecule has 5 heteroatoms. The van der Waals surface area contributed by atoms with Gasteiger partial charge in [0, 0.05) is 11.1 Å². The number of hydrogen-bond donors (Lipinski definition) is 1. The monoisotopic (exact) mass is 358 g/mol. The van der Waals surface area contributed by atoms with Crippen LogP contribution in [0.1, 0.15) is 41.3 Å². The molecule has 2 aromatic carbocycles. The predicted molar refractivity (Wildman–Crippen MR) is 102 cm³/mol. The summed E-state index contributed by atoms with van der Waals surface area (Å²) in [6, 6.07) is 14.4.